The van der Waals surface area contributed by atoms with Crippen molar-refractivity contribution in [3.05, 3.63) is 70.1 Å². The molecule has 30 heavy (non-hydrogen) atoms. The van der Waals surface area contributed by atoms with E-state index in [0.29, 0.717) is 31.3 Å². The Hall–Kier alpha value is -3.49. The van der Waals surface area contributed by atoms with Gasteiger partial charge in [0.15, 0.2) is 0 Å². The van der Waals surface area contributed by atoms with Gasteiger partial charge in [0.1, 0.15) is 5.82 Å². The predicted molar refractivity (Wildman–Crippen MR) is 115 cm³/mol. The molecule has 0 fully saturated rings. The first kappa shape index (κ1) is 19.8. The number of aryl methyl sites for hydroxylation is 2. The summed E-state index contributed by atoms with van der Waals surface area (Å²) in [4.78, 5) is 26.4. The number of benzene rings is 1. The minimum absolute atomic E-state index is 0.0470. The van der Waals surface area contributed by atoms with E-state index in [2.05, 4.69) is 32.4 Å². The van der Waals surface area contributed by atoms with Crippen LogP contribution in [-0.2, 0) is 19.4 Å². The fraction of sp³-hybridized carbons (Fsp3) is 0.381. The average Bonchev–Trinajstić information content (AvgIpc) is 3.15. The molecule has 3 heterocycles. The van der Waals surface area contributed by atoms with Gasteiger partial charge >= 0.3 is 5.69 Å². The molecule has 0 saturated carbocycles. The zero-order valence-electron chi connectivity index (χ0n) is 17.0. The first-order valence-electron chi connectivity index (χ1n) is 10.2. The summed E-state index contributed by atoms with van der Waals surface area (Å²) in [5.74, 6) is 1.21. The Morgan fingerprint density at radius 1 is 1.17 bits per heavy atom. The van der Waals surface area contributed by atoms with Crippen molar-refractivity contribution in [2.24, 2.45) is 0 Å². The van der Waals surface area contributed by atoms with Crippen LogP contribution in [0.2, 0.25) is 0 Å². The van der Waals surface area contributed by atoms with Gasteiger partial charge in [-0.15, -0.1) is 0 Å². The zero-order chi connectivity index (χ0) is 20.9. The highest BCUT2D eigenvalue weighted by Gasteiger charge is 2.29. The molecule has 1 aromatic carbocycles. The lowest BCUT2D eigenvalue weighted by molar-refractivity contribution is -0.383. The molecular formula is C21H25N7O2. The summed E-state index contributed by atoms with van der Waals surface area (Å²) in [7, 11) is 0. The van der Waals surface area contributed by atoms with Crippen molar-refractivity contribution in [1.29, 1.82) is 0 Å². The Balaban J connectivity index is 1.53. The molecule has 0 spiro atoms. The first-order valence-corrected chi connectivity index (χ1v) is 10.2. The highest BCUT2D eigenvalue weighted by molar-refractivity contribution is 5.71. The van der Waals surface area contributed by atoms with E-state index in [1.54, 1.807) is 19.4 Å². The van der Waals surface area contributed by atoms with E-state index in [-0.39, 0.29) is 16.4 Å². The topological polar surface area (TPSA) is 102 Å². The van der Waals surface area contributed by atoms with Crippen LogP contribution in [0, 0.1) is 17.0 Å². The van der Waals surface area contributed by atoms with Crippen molar-refractivity contribution in [3.63, 3.8) is 0 Å². The van der Waals surface area contributed by atoms with Crippen molar-refractivity contribution < 1.29 is 4.92 Å². The van der Waals surface area contributed by atoms with Gasteiger partial charge in [-0.25, -0.2) is 15.0 Å². The summed E-state index contributed by atoms with van der Waals surface area (Å²) in [5.41, 5.74) is 2.55. The van der Waals surface area contributed by atoms with Gasteiger partial charge < -0.3 is 14.8 Å². The van der Waals surface area contributed by atoms with E-state index in [1.165, 1.54) is 11.1 Å². The molecule has 1 aliphatic heterocycles. The Morgan fingerprint density at radius 2 is 1.90 bits per heavy atom. The quantitative estimate of drug-likeness (QED) is 0.365. The summed E-state index contributed by atoms with van der Waals surface area (Å²) in [6, 6.07) is 8.34. The van der Waals surface area contributed by atoms with E-state index in [0.717, 1.165) is 25.8 Å². The SMILES string of the molecule is Cc1nc(NCCCn2ccnc2)c([N+](=O)[O-])c(N2CCc3ccccc3CC2)n1. The monoisotopic (exact) mass is 407 g/mol. The van der Waals surface area contributed by atoms with Gasteiger partial charge in [-0.05, 0) is 37.3 Å². The lowest BCUT2D eigenvalue weighted by atomic mass is 10.0. The number of hydrogen-bond acceptors (Lipinski definition) is 7. The molecule has 0 amide bonds. The van der Waals surface area contributed by atoms with Crippen LogP contribution in [0.5, 0.6) is 0 Å². The molecule has 0 bridgehead atoms. The van der Waals surface area contributed by atoms with Gasteiger partial charge in [-0.1, -0.05) is 24.3 Å². The van der Waals surface area contributed by atoms with E-state index in [1.807, 2.05) is 27.8 Å². The molecule has 0 aliphatic carbocycles. The standard InChI is InChI=1S/C21H25N7O2/c1-16-24-20(23-9-4-11-26-14-10-22-15-26)19(28(29)30)21(25-16)27-12-7-17-5-2-3-6-18(17)8-13-27/h2-3,5-6,10,14-15H,4,7-9,11-13H2,1H3,(H,23,24,25). The molecule has 1 N–H and O–H groups in total. The maximum absolute atomic E-state index is 12.0. The second-order valence-electron chi connectivity index (χ2n) is 7.39. The zero-order valence-corrected chi connectivity index (χ0v) is 17.0. The predicted octanol–water partition coefficient (Wildman–Crippen LogP) is 3.00. The highest BCUT2D eigenvalue weighted by atomic mass is 16.6. The van der Waals surface area contributed by atoms with Crippen molar-refractivity contribution in [3.8, 4) is 0 Å². The number of fused-ring (bicyclic) bond motifs is 1. The Labute approximate surface area is 175 Å². The van der Waals surface area contributed by atoms with Crippen LogP contribution < -0.4 is 10.2 Å². The molecule has 3 aromatic rings. The number of hydrogen-bond donors (Lipinski definition) is 1. The summed E-state index contributed by atoms with van der Waals surface area (Å²) in [5, 5.41) is 15.1. The van der Waals surface area contributed by atoms with Crippen LogP contribution >= 0.6 is 0 Å². The van der Waals surface area contributed by atoms with E-state index >= 15 is 0 Å². The normalized spacial score (nSPS) is 13.6. The molecule has 1 aliphatic rings. The molecule has 156 valence electrons. The molecule has 0 atom stereocenters. The van der Waals surface area contributed by atoms with Crippen LogP contribution in [0.15, 0.2) is 43.0 Å². The maximum atomic E-state index is 12.0. The van der Waals surface area contributed by atoms with E-state index in [4.69, 9.17) is 0 Å². The fourth-order valence-corrected chi connectivity index (χ4v) is 3.83. The minimum atomic E-state index is -0.370. The summed E-state index contributed by atoms with van der Waals surface area (Å²) >= 11 is 0. The van der Waals surface area contributed by atoms with E-state index in [9.17, 15) is 10.1 Å². The third kappa shape index (κ3) is 4.40. The van der Waals surface area contributed by atoms with Gasteiger partial charge in [-0.3, -0.25) is 10.1 Å². The van der Waals surface area contributed by atoms with Crippen molar-refractivity contribution in [2.45, 2.75) is 32.7 Å². The van der Waals surface area contributed by atoms with Gasteiger partial charge in [0.05, 0.1) is 11.3 Å². The lowest BCUT2D eigenvalue weighted by Gasteiger charge is -2.22. The van der Waals surface area contributed by atoms with E-state index < -0.39 is 0 Å². The first-order chi connectivity index (χ1) is 14.6. The fourth-order valence-electron chi connectivity index (χ4n) is 3.83. The molecule has 9 heteroatoms. The smallest absolute Gasteiger partial charge is 0.353 e. The van der Waals surface area contributed by atoms with Gasteiger partial charge in [0.25, 0.3) is 0 Å². The number of rotatable bonds is 7. The second-order valence-corrected chi connectivity index (χ2v) is 7.39. The van der Waals surface area contributed by atoms with Crippen LogP contribution in [0.25, 0.3) is 0 Å². The molecule has 0 radical (unpaired) electrons. The molecule has 0 unspecified atom stereocenters. The number of imidazole rings is 1. The third-order valence-electron chi connectivity index (χ3n) is 5.32. The number of anilines is 2. The van der Waals surface area contributed by atoms with Gasteiger partial charge in [0, 0.05) is 38.6 Å². The van der Waals surface area contributed by atoms with Crippen LogP contribution in [0.4, 0.5) is 17.3 Å². The van der Waals surface area contributed by atoms with Gasteiger partial charge in [-0.2, -0.15) is 0 Å². The largest absolute Gasteiger partial charge is 0.364 e. The molecular weight excluding hydrogens is 382 g/mol. The molecule has 0 saturated heterocycles. The molecule has 2 aromatic heterocycles. The van der Waals surface area contributed by atoms with Crippen LogP contribution in [0.3, 0.4) is 0 Å². The highest BCUT2D eigenvalue weighted by Crippen LogP contribution is 2.34. The van der Waals surface area contributed by atoms with Crippen molar-refractivity contribution in [1.82, 2.24) is 19.5 Å². The Kier molecular flexibility index (Phi) is 5.87. The lowest BCUT2D eigenvalue weighted by Crippen LogP contribution is -2.28. The van der Waals surface area contributed by atoms with Crippen molar-refractivity contribution >= 4 is 17.3 Å². The third-order valence-corrected chi connectivity index (χ3v) is 5.32. The number of nitro groups is 1. The second kappa shape index (κ2) is 8.89. The minimum Gasteiger partial charge on any atom is -0.364 e. The summed E-state index contributed by atoms with van der Waals surface area (Å²) in [6.45, 7) is 4.50. The van der Waals surface area contributed by atoms with Crippen molar-refractivity contribution in [2.75, 3.05) is 29.9 Å². The van der Waals surface area contributed by atoms with Crippen LogP contribution in [-0.4, -0.2) is 44.1 Å². The summed E-state index contributed by atoms with van der Waals surface area (Å²) in [6.07, 6.45) is 7.86. The summed E-state index contributed by atoms with van der Waals surface area (Å²) < 4.78 is 1.97. The molecule has 4 rings (SSSR count). The number of aromatic nitrogens is 4. The Morgan fingerprint density at radius 3 is 2.53 bits per heavy atom. The van der Waals surface area contributed by atoms with Gasteiger partial charge in [0.2, 0.25) is 11.6 Å². The maximum Gasteiger partial charge on any atom is 0.353 e. The Bertz CT molecular complexity index is 993. The number of nitrogens with zero attached hydrogens (tertiary/aromatic N) is 6. The van der Waals surface area contributed by atoms with Crippen LogP contribution in [0.1, 0.15) is 23.4 Å². The average molecular weight is 407 g/mol. The molecule has 9 nitrogen and oxygen atoms in total. The number of nitrogens with one attached hydrogen (secondary N) is 1.